The van der Waals surface area contributed by atoms with Gasteiger partial charge in [-0.1, -0.05) is 6.92 Å². The molecule has 4 aliphatic carbocycles. The summed E-state index contributed by atoms with van der Waals surface area (Å²) in [5.41, 5.74) is 0.689. The Morgan fingerprint density at radius 3 is 2.67 bits per heavy atom. The molecule has 1 aromatic heterocycles. The van der Waals surface area contributed by atoms with Gasteiger partial charge in [0.2, 0.25) is 0 Å². The largest absolute Gasteiger partial charge is 0.392 e. The highest BCUT2D eigenvalue weighted by molar-refractivity contribution is 5.10. The number of aromatic nitrogens is 2. The Morgan fingerprint density at radius 1 is 1.33 bits per heavy atom. The van der Waals surface area contributed by atoms with Crippen molar-refractivity contribution in [3.8, 4) is 0 Å². The van der Waals surface area contributed by atoms with E-state index in [4.69, 9.17) is 0 Å². The molecule has 116 valence electrons. The number of hydrogen-bond donors (Lipinski definition) is 1. The van der Waals surface area contributed by atoms with Gasteiger partial charge in [-0.3, -0.25) is 0 Å². The highest BCUT2D eigenvalue weighted by atomic mass is 16.3. The van der Waals surface area contributed by atoms with Crippen molar-refractivity contribution >= 4 is 0 Å². The van der Waals surface area contributed by atoms with Gasteiger partial charge in [-0.15, -0.1) is 0 Å². The fourth-order valence-electron chi connectivity index (χ4n) is 6.40. The molecule has 3 unspecified atom stereocenters. The van der Waals surface area contributed by atoms with E-state index in [0.717, 1.165) is 30.6 Å². The second-order valence-corrected chi connectivity index (χ2v) is 8.48. The molecule has 1 aromatic rings. The molecule has 0 aromatic carbocycles. The zero-order valence-corrected chi connectivity index (χ0v) is 13.4. The van der Waals surface area contributed by atoms with E-state index in [9.17, 15) is 5.11 Å². The molecular weight excluding hydrogens is 260 g/mol. The number of rotatable bonds is 4. The number of imidazole rings is 1. The van der Waals surface area contributed by atoms with Crippen molar-refractivity contribution in [3.63, 3.8) is 0 Å². The molecular formula is C18H28N2O. The maximum atomic E-state index is 11.1. The highest BCUT2D eigenvalue weighted by Gasteiger charge is 2.58. The van der Waals surface area contributed by atoms with Gasteiger partial charge in [-0.05, 0) is 68.1 Å². The predicted octanol–water partition coefficient (Wildman–Crippen LogP) is 3.41. The molecule has 3 nitrogen and oxygen atoms in total. The van der Waals surface area contributed by atoms with E-state index in [1.165, 1.54) is 38.5 Å². The van der Waals surface area contributed by atoms with Gasteiger partial charge >= 0.3 is 0 Å². The predicted molar refractivity (Wildman–Crippen MR) is 82.8 cm³/mol. The molecule has 21 heavy (non-hydrogen) atoms. The van der Waals surface area contributed by atoms with Crippen LogP contribution in [0.3, 0.4) is 0 Å². The third-order valence-corrected chi connectivity index (χ3v) is 6.62. The van der Waals surface area contributed by atoms with Crippen LogP contribution in [-0.2, 0) is 13.0 Å². The van der Waals surface area contributed by atoms with E-state index in [2.05, 4.69) is 23.4 Å². The first-order chi connectivity index (χ1) is 10.0. The summed E-state index contributed by atoms with van der Waals surface area (Å²) in [4.78, 5) is 4.47. The van der Waals surface area contributed by atoms with Crippen LogP contribution in [0.1, 0.15) is 58.2 Å². The fraction of sp³-hybridized carbons (Fsp3) is 0.833. The number of aryl methyl sites for hydroxylation is 1. The van der Waals surface area contributed by atoms with Crippen molar-refractivity contribution in [1.29, 1.82) is 0 Å². The Labute approximate surface area is 127 Å². The molecule has 0 spiro atoms. The van der Waals surface area contributed by atoms with E-state index in [1.54, 1.807) is 0 Å². The van der Waals surface area contributed by atoms with Gasteiger partial charge in [0.1, 0.15) is 5.82 Å². The van der Waals surface area contributed by atoms with Crippen molar-refractivity contribution in [3.05, 3.63) is 18.2 Å². The van der Waals surface area contributed by atoms with Crippen LogP contribution in [0.5, 0.6) is 0 Å². The van der Waals surface area contributed by atoms with Gasteiger partial charge in [0.05, 0.1) is 6.10 Å². The maximum absolute atomic E-state index is 11.1. The molecule has 1 heterocycles. The van der Waals surface area contributed by atoms with Crippen LogP contribution in [0.4, 0.5) is 0 Å². The minimum Gasteiger partial charge on any atom is -0.392 e. The van der Waals surface area contributed by atoms with Crippen molar-refractivity contribution < 1.29 is 5.11 Å². The second kappa shape index (κ2) is 4.58. The first kappa shape index (κ1) is 13.8. The molecule has 4 bridgehead atoms. The molecule has 4 fully saturated rings. The lowest BCUT2D eigenvalue weighted by Crippen LogP contribution is -2.55. The summed E-state index contributed by atoms with van der Waals surface area (Å²) < 4.78 is 2.17. The van der Waals surface area contributed by atoms with Crippen molar-refractivity contribution in [2.24, 2.45) is 22.7 Å². The number of aliphatic hydroxyl groups excluding tert-OH is 1. The summed E-state index contributed by atoms with van der Waals surface area (Å²) in [7, 11) is 0. The van der Waals surface area contributed by atoms with E-state index < -0.39 is 0 Å². The number of nitrogens with zero attached hydrogens (tertiary/aromatic N) is 2. The standard InChI is InChI=1S/C18H28N2O/c1-3-20-5-4-19-16(20)7-15(21)18-10-13-6-14(11-18)9-17(2,8-13)12-18/h4-5,13-15,21H,3,6-12H2,1-2H3. The van der Waals surface area contributed by atoms with Gasteiger partial charge in [0, 0.05) is 25.4 Å². The molecule has 5 rings (SSSR count). The lowest BCUT2D eigenvalue weighted by molar-refractivity contribution is -0.153. The van der Waals surface area contributed by atoms with Crippen LogP contribution in [0.15, 0.2) is 12.4 Å². The monoisotopic (exact) mass is 288 g/mol. The first-order valence-corrected chi connectivity index (χ1v) is 8.70. The van der Waals surface area contributed by atoms with Crippen LogP contribution < -0.4 is 0 Å². The fourth-order valence-corrected chi connectivity index (χ4v) is 6.40. The quantitative estimate of drug-likeness (QED) is 0.922. The third-order valence-electron chi connectivity index (χ3n) is 6.62. The smallest absolute Gasteiger partial charge is 0.111 e. The SMILES string of the molecule is CCn1ccnc1CC(O)C12CC3CC(CC(C)(C3)C1)C2. The van der Waals surface area contributed by atoms with Gasteiger partial charge in [0.15, 0.2) is 0 Å². The van der Waals surface area contributed by atoms with Crippen LogP contribution in [0.2, 0.25) is 0 Å². The van der Waals surface area contributed by atoms with Gasteiger partial charge in [-0.25, -0.2) is 4.98 Å². The van der Waals surface area contributed by atoms with Crippen molar-refractivity contribution in [2.75, 3.05) is 0 Å². The average molecular weight is 288 g/mol. The van der Waals surface area contributed by atoms with Crippen LogP contribution in [0, 0.1) is 22.7 Å². The molecule has 4 aliphatic rings. The molecule has 0 saturated heterocycles. The molecule has 0 amide bonds. The van der Waals surface area contributed by atoms with Gasteiger partial charge in [0.25, 0.3) is 0 Å². The minimum absolute atomic E-state index is 0.184. The summed E-state index contributed by atoms with van der Waals surface area (Å²) in [6.45, 7) is 5.56. The van der Waals surface area contributed by atoms with Crippen LogP contribution in [-0.4, -0.2) is 20.8 Å². The van der Waals surface area contributed by atoms with Gasteiger partial charge < -0.3 is 9.67 Å². The summed E-state index contributed by atoms with van der Waals surface area (Å²) in [5.74, 6) is 2.81. The minimum atomic E-state index is -0.213. The Morgan fingerprint density at radius 2 is 2.05 bits per heavy atom. The highest BCUT2D eigenvalue weighted by Crippen LogP contribution is 2.66. The van der Waals surface area contributed by atoms with E-state index in [1.807, 2.05) is 12.4 Å². The second-order valence-electron chi connectivity index (χ2n) is 8.48. The molecule has 4 saturated carbocycles. The van der Waals surface area contributed by atoms with E-state index >= 15 is 0 Å². The third kappa shape index (κ3) is 2.16. The summed E-state index contributed by atoms with van der Waals surface area (Å²) in [5, 5.41) is 11.1. The number of hydrogen-bond acceptors (Lipinski definition) is 2. The van der Waals surface area contributed by atoms with Gasteiger partial charge in [-0.2, -0.15) is 0 Å². The topological polar surface area (TPSA) is 38.0 Å². The molecule has 3 atom stereocenters. The average Bonchev–Trinajstić information content (AvgIpc) is 2.83. The van der Waals surface area contributed by atoms with Crippen molar-refractivity contribution in [1.82, 2.24) is 9.55 Å². The molecule has 1 N–H and O–H groups in total. The zero-order chi connectivity index (χ0) is 14.7. The Bertz CT molecular complexity index is 521. The molecule has 3 heteroatoms. The van der Waals surface area contributed by atoms with E-state index in [-0.39, 0.29) is 11.5 Å². The zero-order valence-electron chi connectivity index (χ0n) is 13.4. The maximum Gasteiger partial charge on any atom is 0.111 e. The summed E-state index contributed by atoms with van der Waals surface area (Å²) in [6, 6.07) is 0. The number of aliphatic hydroxyl groups is 1. The Hall–Kier alpha value is -0.830. The first-order valence-electron chi connectivity index (χ1n) is 8.70. The Balaban J connectivity index is 1.58. The van der Waals surface area contributed by atoms with Crippen LogP contribution in [0.25, 0.3) is 0 Å². The van der Waals surface area contributed by atoms with Crippen molar-refractivity contribution in [2.45, 2.75) is 71.4 Å². The molecule has 0 aliphatic heterocycles. The van der Waals surface area contributed by atoms with E-state index in [0.29, 0.717) is 5.41 Å². The Kier molecular flexibility index (Phi) is 3.01. The lowest BCUT2D eigenvalue weighted by atomic mass is 9.43. The molecule has 0 radical (unpaired) electrons. The summed E-state index contributed by atoms with van der Waals surface area (Å²) >= 11 is 0. The normalized spacial score (nSPS) is 42.4. The lowest BCUT2D eigenvalue weighted by Gasteiger charge is -2.62. The van der Waals surface area contributed by atoms with Crippen LogP contribution >= 0.6 is 0 Å². The summed E-state index contributed by atoms with van der Waals surface area (Å²) in [6.07, 6.45) is 12.4.